The van der Waals surface area contributed by atoms with Crippen LogP contribution in [0.2, 0.25) is 0 Å². The lowest BCUT2D eigenvalue weighted by molar-refractivity contribution is -0.122. The fraction of sp³-hybridized carbons (Fsp3) is 0.308. The van der Waals surface area contributed by atoms with Gasteiger partial charge in [0.15, 0.2) is 6.61 Å². The second kappa shape index (κ2) is 6.21. The van der Waals surface area contributed by atoms with E-state index in [1.165, 1.54) is 12.1 Å². The predicted molar refractivity (Wildman–Crippen MR) is 68.6 cm³/mol. The molecule has 1 aromatic carbocycles. The van der Waals surface area contributed by atoms with Crippen molar-refractivity contribution in [2.24, 2.45) is 0 Å². The Hall–Kier alpha value is -2.64. The van der Waals surface area contributed by atoms with Gasteiger partial charge in [-0.2, -0.15) is 0 Å². The number of imide groups is 1. The lowest BCUT2D eigenvalue weighted by atomic mass is 10.2. The Kier molecular flexibility index (Phi) is 4.36. The molecule has 2 rings (SSSR count). The molecular formula is C13H13FN2O5. The van der Waals surface area contributed by atoms with Crippen LogP contribution >= 0.6 is 0 Å². The summed E-state index contributed by atoms with van der Waals surface area (Å²) in [7, 11) is 0. The van der Waals surface area contributed by atoms with Crippen LogP contribution in [-0.4, -0.2) is 35.7 Å². The van der Waals surface area contributed by atoms with Crippen LogP contribution in [0.25, 0.3) is 0 Å². The number of hydrogen-bond acceptors (Lipinski definition) is 4. The lowest BCUT2D eigenvalue weighted by Gasteiger charge is -2.10. The number of aromatic carboxylic acids is 1. The molecule has 21 heavy (non-hydrogen) atoms. The minimum atomic E-state index is -1.50. The summed E-state index contributed by atoms with van der Waals surface area (Å²) < 4.78 is 18.3. The third-order valence-corrected chi connectivity index (χ3v) is 2.71. The Morgan fingerprint density at radius 2 is 2.05 bits per heavy atom. The number of carbonyl (C=O) groups is 3. The number of carbonyl (C=O) groups excluding carboxylic acids is 2. The Bertz CT molecular complexity index is 586. The van der Waals surface area contributed by atoms with Crippen molar-refractivity contribution in [2.75, 3.05) is 6.61 Å². The van der Waals surface area contributed by atoms with Crippen LogP contribution in [0, 0.1) is 5.82 Å². The largest absolute Gasteiger partial charge is 0.483 e. The predicted octanol–water partition coefficient (Wildman–Crippen LogP) is 0.891. The lowest BCUT2D eigenvalue weighted by Crippen LogP contribution is -2.42. The Morgan fingerprint density at radius 3 is 2.67 bits per heavy atom. The van der Waals surface area contributed by atoms with Gasteiger partial charge in [-0.05, 0) is 25.0 Å². The van der Waals surface area contributed by atoms with E-state index < -0.39 is 35.9 Å². The van der Waals surface area contributed by atoms with Crippen molar-refractivity contribution in [3.05, 3.63) is 29.6 Å². The summed E-state index contributed by atoms with van der Waals surface area (Å²) in [5.74, 6) is -3.50. The summed E-state index contributed by atoms with van der Waals surface area (Å²) in [5, 5.41) is 13.4. The molecule has 0 spiro atoms. The van der Waals surface area contributed by atoms with Crippen molar-refractivity contribution >= 4 is 17.9 Å². The maximum atomic E-state index is 13.4. The zero-order chi connectivity index (χ0) is 15.4. The van der Waals surface area contributed by atoms with E-state index in [0.29, 0.717) is 0 Å². The molecule has 1 saturated carbocycles. The highest BCUT2D eigenvalue weighted by molar-refractivity contribution is 5.95. The number of amides is 3. The standard InChI is InChI=1S/C13H13FN2O5/c14-8-2-1-3-9(11(8)12(18)19)21-6-10(17)16-13(20)15-7-4-5-7/h1-3,7H,4-6H2,(H,18,19)(H2,15,16,17,20). The van der Waals surface area contributed by atoms with E-state index in [4.69, 9.17) is 9.84 Å². The molecule has 1 fully saturated rings. The Morgan fingerprint density at radius 1 is 1.33 bits per heavy atom. The Balaban J connectivity index is 1.90. The van der Waals surface area contributed by atoms with Crippen LogP contribution in [0.5, 0.6) is 5.75 Å². The summed E-state index contributed by atoms with van der Waals surface area (Å²) in [6.45, 7) is -0.595. The topological polar surface area (TPSA) is 105 Å². The number of hydrogen-bond donors (Lipinski definition) is 3. The summed E-state index contributed by atoms with van der Waals surface area (Å²) in [5.41, 5.74) is -0.660. The van der Waals surface area contributed by atoms with Crippen molar-refractivity contribution in [1.29, 1.82) is 0 Å². The van der Waals surface area contributed by atoms with Crippen molar-refractivity contribution < 1.29 is 28.6 Å². The van der Waals surface area contributed by atoms with Gasteiger partial charge in [-0.25, -0.2) is 14.0 Å². The second-order valence-electron chi connectivity index (χ2n) is 4.50. The molecule has 0 saturated heterocycles. The maximum Gasteiger partial charge on any atom is 0.342 e. The minimum absolute atomic E-state index is 0.0977. The normalized spacial score (nSPS) is 13.4. The molecule has 112 valence electrons. The van der Waals surface area contributed by atoms with Gasteiger partial charge < -0.3 is 15.2 Å². The molecule has 3 N–H and O–H groups in total. The summed E-state index contributed by atoms with van der Waals surface area (Å²) in [6.07, 6.45) is 1.76. The van der Waals surface area contributed by atoms with Gasteiger partial charge in [0.25, 0.3) is 5.91 Å². The van der Waals surface area contributed by atoms with Crippen molar-refractivity contribution in [3.8, 4) is 5.75 Å². The van der Waals surface area contributed by atoms with E-state index >= 15 is 0 Å². The smallest absolute Gasteiger partial charge is 0.342 e. The fourth-order valence-electron chi connectivity index (χ4n) is 1.59. The van der Waals surface area contributed by atoms with E-state index in [9.17, 15) is 18.8 Å². The van der Waals surface area contributed by atoms with Crippen molar-refractivity contribution in [2.45, 2.75) is 18.9 Å². The molecule has 0 aromatic heterocycles. The molecule has 0 bridgehead atoms. The summed E-state index contributed by atoms with van der Waals surface area (Å²) in [4.78, 5) is 33.7. The van der Waals surface area contributed by atoms with Gasteiger partial charge in [-0.15, -0.1) is 0 Å². The van der Waals surface area contributed by atoms with Crippen LogP contribution in [0.3, 0.4) is 0 Å². The monoisotopic (exact) mass is 296 g/mol. The number of carboxylic acids is 1. The first-order valence-electron chi connectivity index (χ1n) is 6.22. The molecule has 1 aliphatic rings. The van der Waals surface area contributed by atoms with Crippen LogP contribution in [0.1, 0.15) is 23.2 Å². The fourth-order valence-corrected chi connectivity index (χ4v) is 1.59. The van der Waals surface area contributed by atoms with E-state index in [1.54, 1.807) is 0 Å². The highest BCUT2D eigenvalue weighted by atomic mass is 19.1. The molecular weight excluding hydrogens is 283 g/mol. The first-order chi connectivity index (χ1) is 9.97. The van der Waals surface area contributed by atoms with Crippen LogP contribution in [0.15, 0.2) is 18.2 Å². The van der Waals surface area contributed by atoms with Gasteiger partial charge in [0.1, 0.15) is 17.1 Å². The van der Waals surface area contributed by atoms with Gasteiger partial charge in [0.05, 0.1) is 0 Å². The zero-order valence-electron chi connectivity index (χ0n) is 10.9. The third-order valence-electron chi connectivity index (χ3n) is 2.71. The van der Waals surface area contributed by atoms with Gasteiger partial charge in [0.2, 0.25) is 0 Å². The van der Waals surface area contributed by atoms with Crippen molar-refractivity contribution in [1.82, 2.24) is 10.6 Å². The van der Waals surface area contributed by atoms with E-state index in [-0.39, 0.29) is 11.8 Å². The molecule has 3 amide bonds. The van der Waals surface area contributed by atoms with Crippen LogP contribution in [0.4, 0.5) is 9.18 Å². The summed E-state index contributed by atoms with van der Waals surface area (Å²) in [6, 6.07) is 2.92. The summed E-state index contributed by atoms with van der Waals surface area (Å²) >= 11 is 0. The number of rotatable bonds is 5. The molecule has 8 heteroatoms. The van der Waals surface area contributed by atoms with Gasteiger partial charge >= 0.3 is 12.0 Å². The molecule has 0 radical (unpaired) electrons. The van der Waals surface area contributed by atoms with E-state index in [2.05, 4.69) is 5.32 Å². The molecule has 0 aliphatic heterocycles. The number of nitrogens with one attached hydrogen (secondary N) is 2. The average molecular weight is 296 g/mol. The molecule has 0 heterocycles. The van der Waals surface area contributed by atoms with Crippen molar-refractivity contribution in [3.63, 3.8) is 0 Å². The number of benzene rings is 1. The number of ether oxygens (including phenoxy) is 1. The SMILES string of the molecule is O=C(COc1cccc(F)c1C(=O)O)NC(=O)NC1CC1. The first kappa shape index (κ1) is 14.8. The average Bonchev–Trinajstić information content (AvgIpc) is 3.19. The molecule has 0 atom stereocenters. The van der Waals surface area contributed by atoms with Crippen LogP contribution < -0.4 is 15.4 Å². The highest BCUT2D eigenvalue weighted by Crippen LogP contribution is 2.21. The minimum Gasteiger partial charge on any atom is -0.483 e. The quantitative estimate of drug-likeness (QED) is 0.748. The molecule has 0 unspecified atom stereocenters. The van der Waals surface area contributed by atoms with Gasteiger partial charge in [-0.1, -0.05) is 6.07 Å². The Labute approximate surface area is 119 Å². The number of halogens is 1. The van der Waals surface area contributed by atoms with Gasteiger partial charge in [0, 0.05) is 6.04 Å². The number of carboxylic acid groups (broad SMARTS) is 1. The maximum absolute atomic E-state index is 13.4. The van der Waals surface area contributed by atoms with Gasteiger partial charge in [-0.3, -0.25) is 10.1 Å². The van der Waals surface area contributed by atoms with E-state index in [0.717, 1.165) is 18.9 Å². The highest BCUT2D eigenvalue weighted by Gasteiger charge is 2.24. The second-order valence-corrected chi connectivity index (χ2v) is 4.50. The number of urea groups is 1. The molecule has 1 aromatic rings. The zero-order valence-corrected chi connectivity index (χ0v) is 10.9. The molecule has 7 nitrogen and oxygen atoms in total. The van der Waals surface area contributed by atoms with Crippen LogP contribution in [-0.2, 0) is 4.79 Å². The molecule has 1 aliphatic carbocycles. The third kappa shape index (κ3) is 4.16. The first-order valence-corrected chi connectivity index (χ1v) is 6.22. The van der Waals surface area contributed by atoms with E-state index in [1.807, 2.05) is 5.32 Å².